The molecule has 110 valence electrons. The van der Waals surface area contributed by atoms with Crippen LogP contribution in [0.15, 0.2) is 18.2 Å². The number of esters is 1. The molecule has 0 amide bonds. The van der Waals surface area contributed by atoms with Gasteiger partial charge in [0.05, 0.1) is 10.5 Å². The molecule has 10 heteroatoms. The Balaban J connectivity index is 2.61. The lowest BCUT2D eigenvalue weighted by Crippen LogP contribution is -2.42. The summed E-state index contributed by atoms with van der Waals surface area (Å²) in [6.45, 7) is 0.978. The number of hydrogen-bond donors (Lipinski definition) is 3. The second-order valence-electron chi connectivity index (χ2n) is 4.78. The zero-order chi connectivity index (χ0) is 15.9. The Labute approximate surface area is 118 Å². The number of non-ortho nitro benzene ring substituents is 1. The van der Waals surface area contributed by atoms with E-state index in [4.69, 9.17) is 4.74 Å². The SMILES string of the molecule is CC(B(O)O)(C(=O)O)C1OC(=O)c2ccc([N+](=O)[O-])cc21. The molecule has 1 aromatic carbocycles. The number of cyclic esters (lactones) is 1. The minimum absolute atomic E-state index is 0.0428. The van der Waals surface area contributed by atoms with E-state index < -0.39 is 35.4 Å². The third-order valence-electron chi connectivity index (χ3n) is 3.52. The number of ether oxygens (including phenoxy) is 1. The number of carboxylic acid groups (broad SMARTS) is 1. The Morgan fingerprint density at radius 2 is 2.10 bits per heavy atom. The molecule has 0 aliphatic carbocycles. The summed E-state index contributed by atoms with van der Waals surface area (Å²) in [7, 11) is -2.34. The van der Waals surface area contributed by atoms with Crippen LogP contribution in [-0.2, 0) is 9.53 Å². The van der Waals surface area contributed by atoms with E-state index in [1.54, 1.807) is 0 Å². The van der Waals surface area contributed by atoms with Gasteiger partial charge in [0.2, 0.25) is 0 Å². The Morgan fingerprint density at radius 1 is 1.48 bits per heavy atom. The summed E-state index contributed by atoms with van der Waals surface area (Å²) in [5.41, 5.74) is -0.469. The van der Waals surface area contributed by atoms with Gasteiger partial charge in [0.25, 0.3) is 5.69 Å². The maximum absolute atomic E-state index is 11.7. The molecule has 21 heavy (non-hydrogen) atoms. The minimum Gasteiger partial charge on any atom is -0.481 e. The highest BCUT2D eigenvalue weighted by Crippen LogP contribution is 2.50. The Hall–Kier alpha value is -2.46. The summed E-state index contributed by atoms with van der Waals surface area (Å²) in [6, 6.07) is 3.21. The minimum atomic E-state index is -2.34. The van der Waals surface area contributed by atoms with Crippen molar-refractivity contribution in [2.75, 3.05) is 0 Å². The number of aliphatic carboxylic acids is 1. The van der Waals surface area contributed by atoms with E-state index in [9.17, 15) is 34.9 Å². The molecule has 1 aliphatic heterocycles. The summed E-state index contributed by atoms with van der Waals surface area (Å²) < 4.78 is 4.89. The van der Waals surface area contributed by atoms with Crippen molar-refractivity contribution >= 4 is 24.7 Å². The summed E-state index contributed by atoms with van der Waals surface area (Å²) in [5, 5.41) is 36.4. The monoisotopic (exact) mass is 295 g/mol. The number of fused-ring (bicyclic) bond motifs is 1. The number of carbonyl (C=O) groups is 2. The van der Waals surface area contributed by atoms with Gasteiger partial charge in [0, 0.05) is 17.7 Å². The van der Waals surface area contributed by atoms with Crippen molar-refractivity contribution in [1.29, 1.82) is 0 Å². The fourth-order valence-electron chi connectivity index (χ4n) is 2.10. The van der Waals surface area contributed by atoms with Crippen molar-refractivity contribution in [3.8, 4) is 0 Å². The van der Waals surface area contributed by atoms with Crippen LogP contribution in [0.4, 0.5) is 5.69 Å². The normalized spacial score (nSPS) is 19.4. The van der Waals surface area contributed by atoms with E-state index in [0.717, 1.165) is 25.1 Å². The zero-order valence-electron chi connectivity index (χ0n) is 10.7. The second kappa shape index (κ2) is 4.83. The van der Waals surface area contributed by atoms with Gasteiger partial charge in [-0.2, -0.15) is 0 Å². The Morgan fingerprint density at radius 3 is 2.57 bits per heavy atom. The smallest absolute Gasteiger partial charge is 0.473 e. The van der Waals surface area contributed by atoms with E-state index >= 15 is 0 Å². The first-order valence-corrected chi connectivity index (χ1v) is 5.78. The summed E-state index contributed by atoms with van der Waals surface area (Å²) in [6.07, 6.45) is -1.54. The van der Waals surface area contributed by atoms with Crippen LogP contribution in [0.1, 0.15) is 28.9 Å². The van der Waals surface area contributed by atoms with Gasteiger partial charge < -0.3 is 19.9 Å². The van der Waals surface area contributed by atoms with E-state index in [2.05, 4.69) is 0 Å². The third-order valence-corrected chi connectivity index (χ3v) is 3.52. The first-order valence-electron chi connectivity index (χ1n) is 5.78. The average Bonchev–Trinajstić information content (AvgIpc) is 2.74. The third kappa shape index (κ3) is 2.14. The van der Waals surface area contributed by atoms with E-state index in [-0.39, 0.29) is 16.8 Å². The highest BCUT2D eigenvalue weighted by Gasteiger charge is 2.57. The average molecular weight is 295 g/mol. The van der Waals surface area contributed by atoms with Crippen molar-refractivity contribution < 1.29 is 34.4 Å². The van der Waals surface area contributed by atoms with Crippen LogP contribution in [-0.4, -0.2) is 39.1 Å². The Kier molecular flexibility index (Phi) is 3.43. The fourth-order valence-corrected chi connectivity index (χ4v) is 2.10. The highest BCUT2D eigenvalue weighted by atomic mass is 16.6. The number of hydrogen-bond acceptors (Lipinski definition) is 7. The molecule has 0 bridgehead atoms. The molecular formula is C11H10BNO8. The number of nitrogens with zero attached hydrogens (tertiary/aromatic N) is 1. The van der Waals surface area contributed by atoms with Gasteiger partial charge in [-0.15, -0.1) is 0 Å². The molecule has 2 unspecified atom stereocenters. The van der Waals surface area contributed by atoms with Gasteiger partial charge in [-0.05, 0) is 13.0 Å². The maximum atomic E-state index is 11.7. The van der Waals surface area contributed by atoms with Gasteiger partial charge in [-0.25, -0.2) is 4.79 Å². The summed E-state index contributed by atoms with van der Waals surface area (Å²) >= 11 is 0. The molecule has 0 aromatic heterocycles. The van der Waals surface area contributed by atoms with Crippen molar-refractivity contribution in [1.82, 2.24) is 0 Å². The van der Waals surface area contributed by atoms with Crippen LogP contribution in [0.2, 0.25) is 5.31 Å². The van der Waals surface area contributed by atoms with Gasteiger partial charge in [-0.1, -0.05) is 0 Å². The van der Waals surface area contributed by atoms with Gasteiger partial charge >= 0.3 is 19.1 Å². The van der Waals surface area contributed by atoms with Crippen LogP contribution in [0.3, 0.4) is 0 Å². The lowest BCUT2D eigenvalue weighted by atomic mass is 9.55. The number of rotatable bonds is 4. The second-order valence-corrected chi connectivity index (χ2v) is 4.78. The van der Waals surface area contributed by atoms with E-state index in [0.29, 0.717) is 0 Å². The molecule has 9 nitrogen and oxygen atoms in total. The van der Waals surface area contributed by atoms with Crippen molar-refractivity contribution in [2.24, 2.45) is 0 Å². The van der Waals surface area contributed by atoms with Gasteiger partial charge in [-0.3, -0.25) is 14.9 Å². The topological polar surface area (TPSA) is 147 Å². The molecule has 2 atom stereocenters. The van der Waals surface area contributed by atoms with E-state index in [1.807, 2.05) is 0 Å². The molecule has 0 saturated heterocycles. The van der Waals surface area contributed by atoms with Crippen molar-refractivity contribution in [3.63, 3.8) is 0 Å². The molecule has 0 spiro atoms. The summed E-state index contributed by atoms with van der Waals surface area (Å²) in [5.74, 6) is -2.49. The quantitative estimate of drug-likeness (QED) is 0.307. The highest BCUT2D eigenvalue weighted by molar-refractivity contribution is 6.51. The molecular weight excluding hydrogens is 285 g/mol. The molecule has 1 aromatic rings. The fraction of sp³-hybridized carbons (Fsp3) is 0.273. The zero-order valence-corrected chi connectivity index (χ0v) is 10.7. The lowest BCUT2D eigenvalue weighted by molar-refractivity contribution is -0.385. The molecule has 3 N–H and O–H groups in total. The van der Waals surface area contributed by atoms with Crippen LogP contribution in [0, 0.1) is 10.1 Å². The van der Waals surface area contributed by atoms with Gasteiger partial charge in [0.15, 0.2) is 0 Å². The molecule has 0 fully saturated rings. The largest absolute Gasteiger partial charge is 0.481 e. The lowest BCUT2D eigenvalue weighted by Gasteiger charge is -2.29. The number of benzene rings is 1. The Bertz CT molecular complexity index is 645. The predicted octanol–water partition coefficient (Wildman–Crippen LogP) is 0.124. The first-order chi connectivity index (χ1) is 9.69. The number of nitro groups is 1. The van der Waals surface area contributed by atoms with Crippen LogP contribution < -0.4 is 0 Å². The molecule has 2 rings (SSSR count). The van der Waals surface area contributed by atoms with Crippen LogP contribution in [0.5, 0.6) is 0 Å². The number of carbonyl (C=O) groups excluding carboxylic acids is 1. The maximum Gasteiger partial charge on any atom is 0.473 e. The first kappa shape index (κ1) is 14.9. The van der Waals surface area contributed by atoms with Gasteiger partial charge in [0.1, 0.15) is 11.4 Å². The number of carboxylic acids is 1. The van der Waals surface area contributed by atoms with Crippen LogP contribution >= 0.6 is 0 Å². The molecule has 0 saturated carbocycles. The van der Waals surface area contributed by atoms with Crippen molar-refractivity contribution in [3.05, 3.63) is 39.4 Å². The van der Waals surface area contributed by atoms with Crippen LogP contribution in [0.25, 0.3) is 0 Å². The summed E-state index contributed by atoms with van der Waals surface area (Å²) in [4.78, 5) is 33.1. The van der Waals surface area contributed by atoms with Crippen molar-refractivity contribution in [2.45, 2.75) is 18.3 Å². The van der Waals surface area contributed by atoms with E-state index in [1.165, 1.54) is 0 Å². The predicted molar refractivity (Wildman–Crippen MR) is 67.4 cm³/mol. The standard InChI is InChI=1S/C11H10BNO8/c1-11(10(15)16,12(17)18)8-7-4-5(13(19)20)2-3-6(7)9(14)21-8/h2-4,8,17-18H,1H3,(H,15,16). The number of nitro benzene ring substituents is 1. The molecule has 1 heterocycles. The molecule has 0 radical (unpaired) electrons. The molecule has 1 aliphatic rings.